The first kappa shape index (κ1) is 15.4. The Morgan fingerprint density at radius 1 is 1.38 bits per heavy atom. The van der Waals surface area contributed by atoms with Crippen LogP contribution in [0.5, 0.6) is 5.88 Å². The van der Waals surface area contributed by atoms with Crippen LogP contribution in [0.4, 0.5) is 4.39 Å². The molecule has 2 aromatic rings. The van der Waals surface area contributed by atoms with Gasteiger partial charge in [0, 0.05) is 28.8 Å². The smallest absolute Gasteiger partial charge is 0.251 e. The molecule has 1 N–H and O–H groups in total. The van der Waals surface area contributed by atoms with Gasteiger partial charge in [-0.3, -0.25) is 4.79 Å². The maximum absolute atomic E-state index is 13.2. The van der Waals surface area contributed by atoms with Gasteiger partial charge < -0.3 is 10.1 Å². The minimum absolute atomic E-state index is 0.238. The summed E-state index contributed by atoms with van der Waals surface area (Å²) < 4.78 is 19.1. The summed E-state index contributed by atoms with van der Waals surface area (Å²) in [6, 6.07) is 7.66. The highest BCUT2D eigenvalue weighted by Crippen LogP contribution is 2.15. The Bertz CT molecular complexity index is 629. The largest absolute Gasteiger partial charge is 0.478 e. The second-order valence-corrected chi connectivity index (χ2v) is 5.19. The van der Waals surface area contributed by atoms with Crippen molar-refractivity contribution >= 4 is 21.8 Å². The fraction of sp³-hybridized carbons (Fsp3) is 0.200. The quantitative estimate of drug-likeness (QED) is 0.897. The number of halogens is 2. The Morgan fingerprint density at radius 2 is 2.19 bits per heavy atom. The van der Waals surface area contributed by atoms with E-state index in [1.807, 2.05) is 6.92 Å². The molecule has 0 fully saturated rings. The molecule has 0 saturated heterocycles. The van der Waals surface area contributed by atoms with Gasteiger partial charge in [-0.25, -0.2) is 9.37 Å². The number of amides is 1. The van der Waals surface area contributed by atoms with Crippen molar-refractivity contribution in [1.82, 2.24) is 10.3 Å². The van der Waals surface area contributed by atoms with E-state index in [4.69, 9.17) is 4.74 Å². The van der Waals surface area contributed by atoms with Crippen LogP contribution in [0, 0.1) is 5.82 Å². The van der Waals surface area contributed by atoms with Crippen LogP contribution < -0.4 is 10.1 Å². The van der Waals surface area contributed by atoms with Gasteiger partial charge in [0.1, 0.15) is 5.82 Å². The summed E-state index contributed by atoms with van der Waals surface area (Å²) in [6.07, 6.45) is 1.51. The van der Waals surface area contributed by atoms with E-state index >= 15 is 0 Å². The third kappa shape index (κ3) is 4.53. The van der Waals surface area contributed by atoms with Gasteiger partial charge in [0.25, 0.3) is 5.91 Å². The number of hydrogen-bond donors (Lipinski definition) is 1. The minimum Gasteiger partial charge on any atom is -0.478 e. The number of nitrogens with one attached hydrogen (secondary N) is 1. The van der Waals surface area contributed by atoms with Crippen molar-refractivity contribution in [3.05, 3.63) is 57.9 Å². The first-order valence-corrected chi connectivity index (χ1v) is 7.20. The van der Waals surface area contributed by atoms with Crippen molar-refractivity contribution in [3.63, 3.8) is 0 Å². The summed E-state index contributed by atoms with van der Waals surface area (Å²) in [5.74, 6) is -0.214. The highest BCUT2D eigenvalue weighted by molar-refractivity contribution is 9.10. The Hall–Kier alpha value is -1.95. The summed E-state index contributed by atoms with van der Waals surface area (Å²) in [6.45, 7) is 2.56. The van der Waals surface area contributed by atoms with E-state index in [9.17, 15) is 9.18 Å². The number of hydrogen-bond acceptors (Lipinski definition) is 3. The number of pyridine rings is 1. The lowest BCUT2D eigenvalue weighted by molar-refractivity contribution is 0.0950. The van der Waals surface area contributed by atoms with Gasteiger partial charge in [0.2, 0.25) is 5.88 Å². The zero-order valence-corrected chi connectivity index (χ0v) is 13.0. The number of rotatable bonds is 5. The maximum Gasteiger partial charge on any atom is 0.251 e. The first-order chi connectivity index (χ1) is 10.1. The summed E-state index contributed by atoms with van der Waals surface area (Å²) in [5.41, 5.74) is 1.12. The number of aromatic nitrogens is 1. The number of carbonyl (C=O) groups is 1. The molecule has 110 valence electrons. The SMILES string of the molecule is CCOc1cc(C(=O)NCc2cc(F)cc(Br)c2)ccn1. The van der Waals surface area contributed by atoms with Crippen LogP contribution in [0.1, 0.15) is 22.8 Å². The Labute approximate surface area is 130 Å². The van der Waals surface area contributed by atoms with Crippen molar-refractivity contribution in [2.45, 2.75) is 13.5 Å². The number of ether oxygens (including phenoxy) is 1. The molecule has 0 spiro atoms. The molecule has 0 radical (unpaired) electrons. The molecule has 2 rings (SSSR count). The monoisotopic (exact) mass is 352 g/mol. The van der Waals surface area contributed by atoms with Gasteiger partial charge in [-0.15, -0.1) is 0 Å². The van der Waals surface area contributed by atoms with E-state index in [0.717, 1.165) is 0 Å². The maximum atomic E-state index is 13.2. The predicted molar refractivity (Wildman–Crippen MR) is 80.7 cm³/mol. The van der Waals surface area contributed by atoms with Crippen LogP contribution in [-0.4, -0.2) is 17.5 Å². The fourth-order valence-electron chi connectivity index (χ4n) is 1.77. The van der Waals surface area contributed by atoms with E-state index in [-0.39, 0.29) is 18.3 Å². The average molecular weight is 353 g/mol. The molecule has 21 heavy (non-hydrogen) atoms. The van der Waals surface area contributed by atoms with Crippen LogP contribution in [-0.2, 0) is 6.54 Å². The molecule has 1 aromatic heterocycles. The highest BCUT2D eigenvalue weighted by Gasteiger charge is 2.08. The van der Waals surface area contributed by atoms with Crippen molar-refractivity contribution in [3.8, 4) is 5.88 Å². The molecule has 0 unspecified atom stereocenters. The summed E-state index contributed by atoms with van der Waals surface area (Å²) in [7, 11) is 0. The van der Waals surface area contributed by atoms with Crippen LogP contribution in [0.15, 0.2) is 41.0 Å². The number of nitrogens with zero attached hydrogens (tertiary/aromatic N) is 1. The zero-order chi connectivity index (χ0) is 15.2. The molecule has 1 amide bonds. The van der Waals surface area contributed by atoms with E-state index in [1.54, 1.807) is 18.2 Å². The molecule has 0 aliphatic heterocycles. The Morgan fingerprint density at radius 3 is 2.90 bits per heavy atom. The van der Waals surface area contributed by atoms with Crippen molar-refractivity contribution in [2.24, 2.45) is 0 Å². The Kier molecular flexibility index (Phi) is 5.27. The second-order valence-electron chi connectivity index (χ2n) is 4.28. The van der Waals surface area contributed by atoms with E-state index in [0.29, 0.717) is 28.1 Å². The van der Waals surface area contributed by atoms with E-state index < -0.39 is 0 Å². The van der Waals surface area contributed by atoms with Gasteiger partial charge >= 0.3 is 0 Å². The summed E-state index contributed by atoms with van der Waals surface area (Å²) in [5, 5.41) is 2.73. The fourth-order valence-corrected chi connectivity index (χ4v) is 2.29. The van der Waals surface area contributed by atoms with Crippen molar-refractivity contribution in [1.29, 1.82) is 0 Å². The molecule has 6 heteroatoms. The molecule has 0 bridgehead atoms. The molecule has 0 aliphatic carbocycles. The van der Waals surface area contributed by atoms with Crippen LogP contribution in [0.3, 0.4) is 0 Å². The third-order valence-corrected chi connectivity index (χ3v) is 3.12. The number of benzene rings is 1. The molecular formula is C15H14BrFN2O2. The minimum atomic E-state index is -0.351. The normalized spacial score (nSPS) is 10.2. The summed E-state index contributed by atoms with van der Waals surface area (Å²) >= 11 is 3.21. The molecule has 1 aromatic carbocycles. The molecule has 0 aliphatic rings. The van der Waals surface area contributed by atoms with Gasteiger partial charge in [-0.2, -0.15) is 0 Å². The van der Waals surface area contributed by atoms with E-state index in [1.165, 1.54) is 18.3 Å². The molecule has 0 saturated carbocycles. The van der Waals surface area contributed by atoms with Gasteiger partial charge in [0.15, 0.2) is 0 Å². The predicted octanol–water partition coefficient (Wildman–Crippen LogP) is 3.31. The molecular weight excluding hydrogens is 339 g/mol. The van der Waals surface area contributed by atoms with E-state index in [2.05, 4.69) is 26.2 Å². The molecule has 0 atom stereocenters. The van der Waals surface area contributed by atoms with Crippen LogP contribution in [0.25, 0.3) is 0 Å². The van der Waals surface area contributed by atoms with Gasteiger partial charge in [-0.05, 0) is 36.8 Å². The lowest BCUT2D eigenvalue weighted by Gasteiger charge is -2.07. The van der Waals surface area contributed by atoms with Crippen molar-refractivity contribution in [2.75, 3.05) is 6.61 Å². The van der Waals surface area contributed by atoms with Crippen LogP contribution >= 0.6 is 15.9 Å². The lowest BCUT2D eigenvalue weighted by Crippen LogP contribution is -2.23. The molecule has 1 heterocycles. The van der Waals surface area contributed by atoms with Gasteiger partial charge in [0.05, 0.1) is 6.61 Å². The standard InChI is InChI=1S/C15H14BrFN2O2/c1-2-21-14-7-11(3-4-18-14)15(20)19-9-10-5-12(16)8-13(17)6-10/h3-8H,2,9H2,1H3,(H,19,20). The Balaban J connectivity index is 2.02. The first-order valence-electron chi connectivity index (χ1n) is 6.40. The van der Waals surface area contributed by atoms with Crippen molar-refractivity contribution < 1.29 is 13.9 Å². The zero-order valence-electron chi connectivity index (χ0n) is 11.4. The number of carbonyl (C=O) groups excluding carboxylic acids is 1. The highest BCUT2D eigenvalue weighted by atomic mass is 79.9. The lowest BCUT2D eigenvalue weighted by atomic mass is 10.2. The summed E-state index contributed by atoms with van der Waals surface area (Å²) in [4.78, 5) is 16.0. The van der Waals surface area contributed by atoms with Gasteiger partial charge in [-0.1, -0.05) is 15.9 Å². The van der Waals surface area contributed by atoms with Crippen LogP contribution in [0.2, 0.25) is 0 Å². The second kappa shape index (κ2) is 7.17. The average Bonchev–Trinajstić information content (AvgIpc) is 2.44. The molecule has 4 nitrogen and oxygen atoms in total. The third-order valence-electron chi connectivity index (χ3n) is 2.66. The topological polar surface area (TPSA) is 51.2 Å².